The maximum absolute atomic E-state index is 13.9. The van der Waals surface area contributed by atoms with Crippen LogP contribution in [0.2, 0.25) is 5.02 Å². The molecule has 0 aliphatic carbocycles. The monoisotopic (exact) mass is 419 g/mol. The van der Waals surface area contributed by atoms with Crippen molar-refractivity contribution >= 4 is 22.6 Å². The van der Waals surface area contributed by atoms with Gasteiger partial charge in [-0.2, -0.15) is 0 Å². The molecule has 0 spiro atoms. The lowest BCUT2D eigenvalue weighted by molar-refractivity contribution is 0.172. The van der Waals surface area contributed by atoms with Gasteiger partial charge in [-0.15, -0.1) is 0 Å². The molecule has 0 bridgehead atoms. The predicted molar refractivity (Wildman–Crippen MR) is 107 cm³/mol. The van der Waals surface area contributed by atoms with Gasteiger partial charge in [-0.3, -0.25) is 4.79 Å². The number of hydrogen-bond donors (Lipinski definition) is 3. The van der Waals surface area contributed by atoms with Gasteiger partial charge in [0.25, 0.3) is 0 Å². The summed E-state index contributed by atoms with van der Waals surface area (Å²) in [5.74, 6) is -1.62. The SMILES string of the molecule is CN1CC[C@@H](c2c(O)cc(O)c3c(=O)cc(-c4cccc(F)c4Cl)oc23)[C@@H]1CO. The molecule has 1 aliphatic rings. The van der Waals surface area contributed by atoms with Gasteiger partial charge in [0.2, 0.25) is 0 Å². The van der Waals surface area contributed by atoms with Gasteiger partial charge in [-0.1, -0.05) is 17.7 Å². The van der Waals surface area contributed by atoms with E-state index in [4.69, 9.17) is 16.0 Å². The lowest BCUT2D eigenvalue weighted by atomic mass is 9.89. The fourth-order valence-corrected chi connectivity index (χ4v) is 4.34. The van der Waals surface area contributed by atoms with Gasteiger partial charge in [0, 0.05) is 35.2 Å². The summed E-state index contributed by atoms with van der Waals surface area (Å²) in [6, 6.07) is 6.09. The van der Waals surface area contributed by atoms with Crippen LogP contribution in [0.15, 0.2) is 39.5 Å². The standard InChI is InChI=1S/C21H19ClFNO5/c1-24-6-5-10(13(24)9-25)18-14(26)7-15(27)19-16(28)8-17(29-21(18)19)11-3-2-4-12(23)20(11)22/h2-4,7-8,10,13,25-27H,5-6,9H2,1H3/t10-,13+/m1/s1. The van der Waals surface area contributed by atoms with Crippen molar-refractivity contribution < 1.29 is 24.1 Å². The number of halogens is 2. The van der Waals surface area contributed by atoms with Crippen LogP contribution in [0.1, 0.15) is 17.9 Å². The molecule has 1 aromatic heterocycles. The van der Waals surface area contributed by atoms with Gasteiger partial charge < -0.3 is 24.6 Å². The topological polar surface area (TPSA) is 94.1 Å². The molecule has 0 radical (unpaired) electrons. The van der Waals surface area contributed by atoms with Crippen molar-refractivity contribution in [3.63, 3.8) is 0 Å². The summed E-state index contributed by atoms with van der Waals surface area (Å²) in [6.45, 7) is 0.528. The highest BCUT2D eigenvalue weighted by Gasteiger charge is 2.36. The molecule has 29 heavy (non-hydrogen) atoms. The second kappa shape index (κ2) is 7.33. The molecule has 3 N–H and O–H groups in total. The largest absolute Gasteiger partial charge is 0.507 e. The van der Waals surface area contributed by atoms with E-state index >= 15 is 0 Å². The minimum atomic E-state index is -0.663. The summed E-state index contributed by atoms with van der Waals surface area (Å²) in [7, 11) is 1.86. The number of phenols is 2. The third-order valence-electron chi connectivity index (χ3n) is 5.60. The number of aliphatic hydroxyl groups is 1. The van der Waals surface area contributed by atoms with Crippen LogP contribution in [0.5, 0.6) is 11.5 Å². The van der Waals surface area contributed by atoms with Crippen LogP contribution >= 0.6 is 11.6 Å². The van der Waals surface area contributed by atoms with E-state index in [0.717, 1.165) is 12.1 Å². The van der Waals surface area contributed by atoms with Crippen molar-refractivity contribution in [2.45, 2.75) is 18.4 Å². The van der Waals surface area contributed by atoms with Gasteiger partial charge in [-0.05, 0) is 32.1 Å². The van der Waals surface area contributed by atoms with Crippen LogP contribution in [0.3, 0.4) is 0 Å². The summed E-state index contributed by atoms with van der Waals surface area (Å²) in [5, 5.41) is 30.4. The number of fused-ring (bicyclic) bond motifs is 1. The summed E-state index contributed by atoms with van der Waals surface area (Å²) in [4.78, 5) is 14.7. The Labute approximate surface area is 170 Å². The molecule has 4 rings (SSSR count). The van der Waals surface area contributed by atoms with E-state index in [2.05, 4.69) is 0 Å². The first-order chi connectivity index (χ1) is 13.8. The molecule has 3 aromatic rings. The fraction of sp³-hybridized carbons (Fsp3) is 0.286. The summed E-state index contributed by atoms with van der Waals surface area (Å²) >= 11 is 6.05. The van der Waals surface area contributed by atoms with Crippen LogP contribution in [0.4, 0.5) is 4.39 Å². The van der Waals surface area contributed by atoms with E-state index in [0.29, 0.717) is 18.5 Å². The Morgan fingerprint density at radius 1 is 1.28 bits per heavy atom. The number of rotatable bonds is 3. The maximum atomic E-state index is 13.9. The summed E-state index contributed by atoms with van der Waals surface area (Å²) < 4.78 is 19.8. The minimum absolute atomic E-state index is 0.00378. The fourth-order valence-electron chi connectivity index (χ4n) is 4.12. The number of aromatic hydroxyl groups is 2. The van der Waals surface area contributed by atoms with Crippen LogP contribution in [-0.2, 0) is 0 Å². The first kappa shape index (κ1) is 19.7. The first-order valence-electron chi connectivity index (χ1n) is 9.11. The van der Waals surface area contributed by atoms with Crippen molar-refractivity contribution in [2.24, 2.45) is 0 Å². The van der Waals surface area contributed by atoms with Crippen molar-refractivity contribution in [1.29, 1.82) is 0 Å². The Balaban J connectivity index is 2.03. The second-order valence-electron chi connectivity index (χ2n) is 7.23. The maximum Gasteiger partial charge on any atom is 0.197 e. The molecule has 1 aliphatic heterocycles. The van der Waals surface area contributed by atoms with Gasteiger partial charge in [0.1, 0.15) is 34.0 Å². The van der Waals surface area contributed by atoms with Crippen molar-refractivity contribution in [3.05, 3.63) is 57.0 Å². The molecule has 152 valence electrons. The van der Waals surface area contributed by atoms with E-state index in [1.54, 1.807) is 0 Å². The highest BCUT2D eigenvalue weighted by atomic mass is 35.5. The molecule has 1 fully saturated rings. The Morgan fingerprint density at radius 2 is 2.03 bits per heavy atom. The Hall–Kier alpha value is -2.61. The summed E-state index contributed by atoms with van der Waals surface area (Å²) in [6.07, 6.45) is 0.615. The van der Waals surface area contributed by atoms with E-state index in [9.17, 15) is 24.5 Å². The van der Waals surface area contributed by atoms with Crippen LogP contribution in [0, 0.1) is 5.82 Å². The zero-order valence-corrected chi connectivity index (χ0v) is 16.3. The van der Waals surface area contributed by atoms with Gasteiger partial charge >= 0.3 is 0 Å². The molecular weight excluding hydrogens is 401 g/mol. The van der Waals surface area contributed by atoms with E-state index < -0.39 is 17.0 Å². The Kier molecular flexibility index (Phi) is 4.98. The first-order valence-corrected chi connectivity index (χ1v) is 9.49. The van der Waals surface area contributed by atoms with Crippen LogP contribution in [0.25, 0.3) is 22.3 Å². The van der Waals surface area contributed by atoms with E-state index in [-0.39, 0.29) is 51.6 Å². The number of likely N-dealkylation sites (N-methyl/N-ethyl adjacent to an activating group) is 1. The van der Waals surface area contributed by atoms with Gasteiger partial charge in [0.05, 0.1) is 11.6 Å². The molecule has 0 saturated carbocycles. The van der Waals surface area contributed by atoms with Crippen LogP contribution in [-0.4, -0.2) is 46.5 Å². The molecule has 6 nitrogen and oxygen atoms in total. The molecule has 2 aromatic carbocycles. The van der Waals surface area contributed by atoms with Crippen molar-refractivity contribution in [1.82, 2.24) is 4.90 Å². The number of aliphatic hydroxyl groups excluding tert-OH is 1. The quantitative estimate of drug-likeness (QED) is 0.602. The molecule has 2 heterocycles. The highest BCUT2D eigenvalue weighted by molar-refractivity contribution is 6.33. The highest BCUT2D eigenvalue weighted by Crippen LogP contribution is 2.44. The average Bonchev–Trinajstić information content (AvgIpc) is 3.03. The smallest absolute Gasteiger partial charge is 0.197 e. The zero-order chi connectivity index (χ0) is 20.9. The van der Waals surface area contributed by atoms with E-state index in [1.807, 2.05) is 11.9 Å². The zero-order valence-electron chi connectivity index (χ0n) is 15.5. The molecule has 2 atom stereocenters. The minimum Gasteiger partial charge on any atom is -0.507 e. The number of likely N-dealkylation sites (tertiary alicyclic amines) is 1. The van der Waals surface area contributed by atoms with Gasteiger partial charge in [-0.25, -0.2) is 4.39 Å². The predicted octanol–water partition coefficient (Wildman–Crippen LogP) is 3.44. The van der Waals surface area contributed by atoms with E-state index in [1.165, 1.54) is 18.2 Å². The Morgan fingerprint density at radius 3 is 2.76 bits per heavy atom. The molecule has 8 heteroatoms. The summed E-state index contributed by atoms with van der Waals surface area (Å²) in [5.41, 5.74) is -0.0364. The van der Waals surface area contributed by atoms with Crippen molar-refractivity contribution in [3.8, 4) is 22.8 Å². The molecular formula is C21H19ClFNO5. The normalized spacial score (nSPS) is 19.9. The number of phenolic OH excluding ortho intramolecular Hbond substituents is 2. The number of benzene rings is 2. The second-order valence-corrected chi connectivity index (χ2v) is 7.61. The molecule has 0 amide bonds. The Bertz CT molecular complexity index is 1160. The average molecular weight is 420 g/mol. The lowest BCUT2D eigenvalue weighted by Crippen LogP contribution is -2.32. The third kappa shape index (κ3) is 3.15. The van der Waals surface area contributed by atoms with Crippen LogP contribution < -0.4 is 5.43 Å². The number of nitrogens with zero attached hydrogens (tertiary/aromatic N) is 1. The van der Waals surface area contributed by atoms with Gasteiger partial charge in [0.15, 0.2) is 5.43 Å². The van der Waals surface area contributed by atoms with Crippen molar-refractivity contribution in [2.75, 3.05) is 20.2 Å². The molecule has 0 unspecified atom stereocenters. The molecule has 1 saturated heterocycles. The lowest BCUT2D eigenvalue weighted by Gasteiger charge is -2.24. The number of hydrogen-bond acceptors (Lipinski definition) is 6. The third-order valence-corrected chi connectivity index (χ3v) is 5.98.